The second kappa shape index (κ2) is 7.11. The third-order valence-corrected chi connectivity index (χ3v) is 4.10. The van der Waals surface area contributed by atoms with Crippen molar-refractivity contribution in [3.05, 3.63) is 59.9 Å². The van der Waals surface area contributed by atoms with Crippen LogP contribution in [0.5, 0.6) is 0 Å². The van der Waals surface area contributed by atoms with E-state index in [-0.39, 0.29) is 29.6 Å². The van der Waals surface area contributed by atoms with Gasteiger partial charge in [0.1, 0.15) is 23.0 Å². The number of rotatable bonds is 4. The van der Waals surface area contributed by atoms with Crippen molar-refractivity contribution in [1.82, 2.24) is 24.7 Å². The SMILES string of the molecule is Nc1nc(-c2nn(Cc3ccccc3F)c3ncc(F)cc23)ncc1NC(=O)O. The molecule has 1 aromatic carbocycles. The number of halogens is 2. The number of pyridine rings is 1. The smallest absolute Gasteiger partial charge is 0.409 e. The van der Waals surface area contributed by atoms with E-state index in [9.17, 15) is 13.6 Å². The third kappa shape index (κ3) is 3.52. The Balaban J connectivity index is 1.83. The number of nitrogens with one attached hydrogen (secondary N) is 1. The van der Waals surface area contributed by atoms with Crippen molar-refractivity contribution in [1.29, 1.82) is 0 Å². The molecule has 0 atom stereocenters. The van der Waals surface area contributed by atoms with E-state index in [1.54, 1.807) is 18.2 Å². The van der Waals surface area contributed by atoms with E-state index < -0.39 is 17.7 Å². The first-order valence-electron chi connectivity index (χ1n) is 8.30. The van der Waals surface area contributed by atoms with Crippen LogP contribution >= 0.6 is 0 Å². The van der Waals surface area contributed by atoms with Crippen molar-refractivity contribution in [2.45, 2.75) is 6.54 Å². The molecular weight excluding hydrogens is 384 g/mol. The van der Waals surface area contributed by atoms with Gasteiger partial charge in [0.05, 0.1) is 24.3 Å². The standard InChI is InChI=1S/C18H13F2N7O2/c19-10-5-11-14(16-22-7-13(15(21)25-16)24-18(28)29)26-27(17(11)23-6-10)8-9-3-1-2-4-12(9)20/h1-7,24H,8H2,(H,28,29)(H2,21,22,25). The molecule has 0 aliphatic rings. The highest BCUT2D eigenvalue weighted by Crippen LogP contribution is 2.27. The maximum atomic E-state index is 14.1. The summed E-state index contributed by atoms with van der Waals surface area (Å²) in [6.45, 7) is 0.0515. The first-order chi connectivity index (χ1) is 13.9. The average Bonchev–Trinajstić information content (AvgIpc) is 3.02. The summed E-state index contributed by atoms with van der Waals surface area (Å²) in [4.78, 5) is 23.0. The van der Waals surface area contributed by atoms with E-state index in [1.165, 1.54) is 23.0 Å². The molecule has 0 bridgehead atoms. The monoisotopic (exact) mass is 397 g/mol. The van der Waals surface area contributed by atoms with E-state index in [1.807, 2.05) is 0 Å². The second-order valence-corrected chi connectivity index (χ2v) is 6.05. The van der Waals surface area contributed by atoms with Crippen LogP contribution in [0.1, 0.15) is 5.56 Å². The molecule has 0 fully saturated rings. The lowest BCUT2D eigenvalue weighted by molar-refractivity contribution is 0.209. The maximum absolute atomic E-state index is 14.1. The molecule has 0 aliphatic heterocycles. The van der Waals surface area contributed by atoms with Gasteiger partial charge in [0, 0.05) is 5.56 Å². The Kier molecular flexibility index (Phi) is 4.47. The van der Waals surface area contributed by atoms with Gasteiger partial charge < -0.3 is 10.8 Å². The number of nitrogen functional groups attached to an aromatic ring is 1. The van der Waals surface area contributed by atoms with Gasteiger partial charge in [-0.05, 0) is 12.1 Å². The summed E-state index contributed by atoms with van der Waals surface area (Å²) in [6, 6.07) is 7.41. The molecular formula is C18H13F2N7O2. The van der Waals surface area contributed by atoms with Gasteiger partial charge in [-0.1, -0.05) is 18.2 Å². The first kappa shape index (κ1) is 18.2. The largest absolute Gasteiger partial charge is 0.465 e. The number of carboxylic acid groups (broad SMARTS) is 1. The van der Waals surface area contributed by atoms with Gasteiger partial charge in [0.25, 0.3) is 0 Å². The van der Waals surface area contributed by atoms with Crippen molar-refractivity contribution >= 4 is 28.6 Å². The summed E-state index contributed by atoms with van der Waals surface area (Å²) in [7, 11) is 0. The summed E-state index contributed by atoms with van der Waals surface area (Å²) in [5.41, 5.74) is 6.64. The van der Waals surface area contributed by atoms with Crippen LogP contribution in [0.15, 0.2) is 42.7 Å². The number of fused-ring (bicyclic) bond motifs is 1. The van der Waals surface area contributed by atoms with Gasteiger partial charge in [0.15, 0.2) is 17.3 Å². The average molecular weight is 397 g/mol. The number of carbonyl (C=O) groups is 1. The Morgan fingerprint density at radius 1 is 1.21 bits per heavy atom. The fraction of sp³-hybridized carbons (Fsp3) is 0.0556. The third-order valence-electron chi connectivity index (χ3n) is 4.10. The summed E-state index contributed by atoms with van der Waals surface area (Å²) < 4.78 is 29.3. The lowest BCUT2D eigenvalue weighted by atomic mass is 10.2. The molecule has 0 radical (unpaired) electrons. The topological polar surface area (TPSA) is 132 Å². The summed E-state index contributed by atoms with van der Waals surface area (Å²) in [5, 5.41) is 15.5. The van der Waals surface area contributed by atoms with Crippen LogP contribution < -0.4 is 11.1 Å². The maximum Gasteiger partial charge on any atom is 0.409 e. The highest BCUT2D eigenvalue weighted by atomic mass is 19.1. The van der Waals surface area contributed by atoms with E-state index >= 15 is 0 Å². The zero-order chi connectivity index (χ0) is 20.5. The number of nitrogens with zero attached hydrogens (tertiary/aromatic N) is 5. The summed E-state index contributed by atoms with van der Waals surface area (Å²) in [6.07, 6.45) is 0.889. The number of nitrogens with two attached hydrogens (primary N) is 1. The number of hydrogen-bond acceptors (Lipinski definition) is 6. The Morgan fingerprint density at radius 2 is 2.00 bits per heavy atom. The van der Waals surface area contributed by atoms with Gasteiger partial charge in [-0.3, -0.25) is 5.32 Å². The Hall–Kier alpha value is -4.15. The molecule has 29 heavy (non-hydrogen) atoms. The molecule has 4 N–H and O–H groups in total. The van der Waals surface area contributed by atoms with Crippen molar-refractivity contribution in [3.8, 4) is 11.5 Å². The Labute approximate surface area is 161 Å². The lowest BCUT2D eigenvalue weighted by Gasteiger charge is -2.05. The van der Waals surface area contributed by atoms with Gasteiger partial charge in [-0.25, -0.2) is 33.2 Å². The Bertz CT molecular complexity index is 1240. The molecule has 146 valence electrons. The predicted molar refractivity (Wildman–Crippen MR) is 100 cm³/mol. The quantitative estimate of drug-likeness (QED) is 0.482. The lowest BCUT2D eigenvalue weighted by Crippen LogP contribution is -2.11. The van der Waals surface area contributed by atoms with Crippen LogP contribution in [-0.4, -0.2) is 35.9 Å². The van der Waals surface area contributed by atoms with Crippen molar-refractivity contribution in [2.24, 2.45) is 0 Å². The zero-order valence-electron chi connectivity index (χ0n) is 14.7. The number of hydrogen-bond donors (Lipinski definition) is 3. The van der Waals surface area contributed by atoms with Crippen molar-refractivity contribution in [2.75, 3.05) is 11.1 Å². The van der Waals surface area contributed by atoms with Crippen LogP contribution in [0.3, 0.4) is 0 Å². The molecule has 11 heteroatoms. The second-order valence-electron chi connectivity index (χ2n) is 6.05. The van der Waals surface area contributed by atoms with E-state index in [4.69, 9.17) is 10.8 Å². The molecule has 0 spiro atoms. The Morgan fingerprint density at radius 3 is 2.72 bits per heavy atom. The molecule has 3 heterocycles. The van der Waals surface area contributed by atoms with Crippen LogP contribution in [0, 0.1) is 11.6 Å². The van der Waals surface area contributed by atoms with E-state index in [0.29, 0.717) is 16.6 Å². The minimum Gasteiger partial charge on any atom is -0.465 e. The van der Waals surface area contributed by atoms with Gasteiger partial charge in [-0.2, -0.15) is 5.10 Å². The molecule has 1 amide bonds. The molecule has 0 saturated heterocycles. The van der Waals surface area contributed by atoms with Crippen LogP contribution in [0.4, 0.5) is 25.1 Å². The number of aromatic nitrogens is 5. The fourth-order valence-electron chi connectivity index (χ4n) is 2.82. The first-order valence-corrected chi connectivity index (χ1v) is 8.30. The highest BCUT2D eigenvalue weighted by molar-refractivity contribution is 5.90. The van der Waals surface area contributed by atoms with E-state index in [2.05, 4.69) is 25.4 Å². The molecule has 4 rings (SSSR count). The van der Waals surface area contributed by atoms with Crippen LogP contribution in [0.2, 0.25) is 0 Å². The molecule has 0 aliphatic carbocycles. The molecule has 4 aromatic rings. The molecule has 9 nitrogen and oxygen atoms in total. The fourth-order valence-corrected chi connectivity index (χ4v) is 2.82. The molecule has 0 saturated carbocycles. The number of anilines is 2. The van der Waals surface area contributed by atoms with Gasteiger partial charge in [-0.15, -0.1) is 0 Å². The van der Waals surface area contributed by atoms with E-state index in [0.717, 1.165) is 6.20 Å². The minimum atomic E-state index is -1.32. The van der Waals surface area contributed by atoms with Crippen molar-refractivity contribution in [3.63, 3.8) is 0 Å². The van der Waals surface area contributed by atoms with Gasteiger partial charge in [0.2, 0.25) is 0 Å². The summed E-state index contributed by atoms with van der Waals surface area (Å²) >= 11 is 0. The zero-order valence-corrected chi connectivity index (χ0v) is 14.7. The van der Waals surface area contributed by atoms with Crippen LogP contribution in [-0.2, 0) is 6.54 Å². The molecule has 3 aromatic heterocycles. The normalized spacial score (nSPS) is 11.0. The molecule has 0 unspecified atom stereocenters. The minimum absolute atomic E-state index is 0.000602. The number of benzene rings is 1. The van der Waals surface area contributed by atoms with Crippen LogP contribution in [0.25, 0.3) is 22.6 Å². The van der Waals surface area contributed by atoms with Crippen molar-refractivity contribution < 1.29 is 18.7 Å². The predicted octanol–water partition coefficient (Wildman–Crippen LogP) is 2.89. The van der Waals surface area contributed by atoms with Gasteiger partial charge >= 0.3 is 6.09 Å². The number of amides is 1. The summed E-state index contributed by atoms with van der Waals surface area (Å²) in [5.74, 6) is -1.09. The highest BCUT2D eigenvalue weighted by Gasteiger charge is 2.19.